The lowest BCUT2D eigenvalue weighted by Crippen LogP contribution is -2.42. The fourth-order valence-electron chi connectivity index (χ4n) is 4.06. The van der Waals surface area contributed by atoms with Crippen molar-refractivity contribution in [3.63, 3.8) is 0 Å². The van der Waals surface area contributed by atoms with Gasteiger partial charge in [0.2, 0.25) is 0 Å². The number of carbonyl (C=O) groups excluding carboxylic acids is 2. The maximum Gasteiger partial charge on any atom is 0.323 e. The first-order valence-corrected chi connectivity index (χ1v) is 12.6. The van der Waals surface area contributed by atoms with Gasteiger partial charge >= 0.3 is 11.9 Å². The first-order valence-electron chi connectivity index (χ1n) is 12.6. The summed E-state index contributed by atoms with van der Waals surface area (Å²) in [6.07, 6.45) is 0.607. The molecular weight excluding hydrogens is 450 g/mol. The summed E-state index contributed by atoms with van der Waals surface area (Å²) in [5, 5.41) is 3.30. The van der Waals surface area contributed by atoms with Crippen molar-refractivity contribution in [1.82, 2.24) is 5.32 Å². The van der Waals surface area contributed by atoms with E-state index in [1.807, 2.05) is 54.6 Å². The molecule has 0 fully saturated rings. The van der Waals surface area contributed by atoms with Gasteiger partial charge in [0.25, 0.3) is 0 Å². The average molecular weight is 488 g/mol. The zero-order valence-electron chi connectivity index (χ0n) is 21.7. The Bertz CT molecular complexity index is 1090. The van der Waals surface area contributed by atoms with Crippen LogP contribution in [-0.4, -0.2) is 31.1 Å². The minimum Gasteiger partial charge on any atom is -0.465 e. The molecule has 0 aliphatic carbocycles. The van der Waals surface area contributed by atoms with Crippen LogP contribution >= 0.6 is 0 Å². The average Bonchev–Trinajstić information content (AvgIpc) is 2.88. The van der Waals surface area contributed by atoms with Gasteiger partial charge in [-0.25, -0.2) is 0 Å². The van der Waals surface area contributed by atoms with Crippen LogP contribution < -0.4 is 5.32 Å². The molecule has 0 aromatic heterocycles. The molecule has 0 radical (unpaired) electrons. The molecule has 0 aliphatic heterocycles. The molecule has 2 atom stereocenters. The van der Waals surface area contributed by atoms with Gasteiger partial charge in [0, 0.05) is 6.54 Å². The number of aryl methyl sites for hydroxylation is 1. The van der Waals surface area contributed by atoms with Crippen LogP contribution in [-0.2, 0) is 25.7 Å². The number of carbonyl (C=O) groups is 2. The zero-order valence-corrected chi connectivity index (χ0v) is 21.7. The Morgan fingerprint density at radius 1 is 0.806 bits per heavy atom. The van der Waals surface area contributed by atoms with Gasteiger partial charge in [0.15, 0.2) is 0 Å². The van der Waals surface area contributed by atoms with Crippen LogP contribution in [0.5, 0.6) is 0 Å². The van der Waals surface area contributed by atoms with Crippen molar-refractivity contribution in [1.29, 1.82) is 0 Å². The van der Waals surface area contributed by atoms with E-state index in [0.29, 0.717) is 13.0 Å². The van der Waals surface area contributed by atoms with Gasteiger partial charge in [0.05, 0.1) is 12.5 Å². The number of esters is 2. The Morgan fingerprint density at radius 3 is 2.00 bits per heavy atom. The van der Waals surface area contributed by atoms with Crippen LogP contribution in [0.2, 0.25) is 0 Å². The van der Waals surface area contributed by atoms with E-state index in [2.05, 4.69) is 50.4 Å². The summed E-state index contributed by atoms with van der Waals surface area (Å²) in [6, 6.07) is 25.4. The van der Waals surface area contributed by atoms with E-state index in [1.54, 1.807) is 6.92 Å². The van der Waals surface area contributed by atoms with Gasteiger partial charge in [-0.3, -0.25) is 9.59 Å². The number of benzene rings is 3. The van der Waals surface area contributed by atoms with Crippen molar-refractivity contribution in [3.8, 4) is 11.1 Å². The zero-order chi connectivity index (χ0) is 25.9. The maximum atomic E-state index is 12.9. The predicted octanol–water partition coefficient (Wildman–Crippen LogP) is 6.06. The minimum absolute atomic E-state index is 0.220. The minimum atomic E-state index is -0.534. The topological polar surface area (TPSA) is 64.6 Å². The molecule has 0 heterocycles. The summed E-state index contributed by atoms with van der Waals surface area (Å²) in [6.45, 7) is 8.78. The molecule has 3 aromatic carbocycles. The summed E-state index contributed by atoms with van der Waals surface area (Å²) < 4.78 is 11.0. The highest BCUT2D eigenvalue weighted by Crippen LogP contribution is 2.24. The number of nitrogens with one attached hydrogen (secondary N) is 1. The Labute approximate surface area is 214 Å². The smallest absolute Gasteiger partial charge is 0.323 e. The fourth-order valence-corrected chi connectivity index (χ4v) is 4.06. The lowest BCUT2D eigenvalue weighted by Gasteiger charge is -2.23. The number of hydrogen-bond acceptors (Lipinski definition) is 5. The van der Waals surface area contributed by atoms with Gasteiger partial charge in [-0.2, -0.15) is 0 Å². The second-order valence-corrected chi connectivity index (χ2v) is 9.48. The SMILES string of the molecule is CCOC(=O)C(CN[C@@H](CC(C)C)C(=O)OCc1ccccc1)c1ccc(-c2ccc(C)cc2)cc1. The summed E-state index contributed by atoms with van der Waals surface area (Å²) in [7, 11) is 0. The van der Waals surface area contributed by atoms with Gasteiger partial charge in [-0.1, -0.05) is 98.3 Å². The molecule has 5 nitrogen and oxygen atoms in total. The molecule has 0 spiro atoms. The summed E-state index contributed by atoms with van der Waals surface area (Å²) in [4.78, 5) is 25.8. The van der Waals surface area contributed by atoms with E-state index in [4.69, 9.17) is 9.47 Å². The summed E-state index contributed by atoms with van der Waals surface area (Å²) >= 11 is 0. The van der Waals surface area contributed by atoms with E-state index < -0.39 is 12.0 Å². The van der Waals surface area contributed by atoms with Gasteiger partial charge in [-0.05, 0) is 48.4 Å². The van der Waals surface area contributed by atoms with Gasteiger partial charge < -0.3 is 14.8 Å². The standard InChI is InChI=1S/C31H37NO4/c1-5-35-30(33)28(27-17-15-26(16-18-27)25-13-11-23(4)12-14-25)20-32-29(19-22(2)3)31(34)36-21-24-9-7-6-8-10-24/h6-18,22,28-29,32H,5,19-21H2,1-4H3/t28?,29-/m0/s1. The normalized spacial score (nSPS) is 12.7. The van der Waals surface area contributed by atoms with Gasteiger partial charge in [0.1, 0.15) is 12.6 Å². The van der Waals surface area contributed by atoms with Crippen LogP contribution in [0.15, 0.2) is 78.9 Å². The van der Waals surface area contributed by atoms with Crippen LogP contribution in [0, 0.1) is 12.8 Å². The predicted molar refractivity (Wildman–Crippen MR) is 143 cm³/mol. The molecule has 0 amide bonds. The molecule has 3 rings (SSSR count). The van der Waals surface area contributed by atoms with Crippen LogP contribution in [0.1, 0.15) is 49.8 Å². The quantitative estimate of drug-likeness (QED) is 0.315. The fraction of sp³-hybridized carbons (Fsp3) is 0.355. The van der Waals surface area contributed by atoms with Crippen molar-refractivity contribution in [3.05, 3.63) is 95.6 Å². The molecule has 5 heteroatoms. The van der Waals surface area contributed by atoms with Crippen molar-refractivity contribution < 1.29 is 19.1 Å². The van der Waals surface area contributed by atoms with Crippen LogP contribution in [0.25, 0.3) is 11.1 Å². The highest BCUT2D eigenvalue weighted by atomic mass is 16.5. The molecule has 0 saturated carbocycles. The Balaban J connectivity index is 1.72. The monoisotopic (exact) mass is 487 g/mol. The summed E-state index contributed by atoms with van der Waals surface area (Å²) in [5.41, 5.74) is 5.19. The van der Waals surface area contributed by atoms with Gasteiger partial charge in [-0.15, -0.1) is 0 Å². The maximum absolute atomic E-state index is 12.9. The molecule has 1 unspecified atom stereocenters. The molecule has 0 bridgehead atoms. The highest BCUT2D eigenvalue weighted by Gasteiger charge is 2.27. The summed E-state index contributed by atoms with van der Waals surface area (Å²) in [5.74, 6) is -0.880. The molecular formula is C31H37NO4. The highest BCUT2D eigenvalue weighted by molar-refractivity contribution is 5.80. The number of rotatable bonds is 12. The molecule has 190 valence electrons. The first-order chi connectivity index (χ1) is 17.4. The Morgan fingerprint density at radius 2 is 1.42 bits per heavy atom. The van der Waals surface area contributed by atoms with Crippen molar-refractivity contribution in [2.24, 2.45) is 5.92 Å². The van der Waals surface area contributed by atoms with Crippen LogP contribution in [0.3, 0.4) is 0 Å². The Kier molecular flexibility index (Phi) is 10.3. The molecule has 0 aliphatic rings. The molecule has 3 aromatic rings. The lowest BCUT2D eigenvalue weighted by molar-refractivity contribution is -0.149. The molecule has 0 saturated heterocycles. The largest absolute Gasteiger partial charge is 0.465 e. The lowest BCUT2D eigenvalue weighted by atomic mass is 9.95. The first kappa shape index (κ1) is 27.2. The second-order valence-electron chi connectivity index (χ2n) is 9.48. The van der Waals surface area contributed by atoms with E-state index in [0.717, 1.165) is 22.3 Å². The van der Waals surface area contributed by atoms with E-state index in [9.17, 15) is 9.59 Å². The molecule has 1 N–H and O–H groups in total. The third-order valence-electron chi connectivity index (χ3n) is 6.05. The van der Waals surface area contributed by atoms with Crippen molar-refractivity contribution in [2.75, 3.05) is 13.2 Å². The van der Waals surface area contributed by atoms with E-state index in [-0.39, 0.29) is 31.0 Å². The van der Waals surface area contributed by atoms with Crippen LogP contribution in [0.4, 0.5) is 0 Å². The van der Waals surface area contributed by atoms with E-state index in [1.165, 1.54) is 5.56 Å². The van der Waals surface area contributed by atoms with Crippen molar-refractivity contribution in [2.45, 2.75) is 52.7 Å². The van der Waals surface area contributed by atoms with Crippen molar-refractivity contribution >= 4 is 11.9 Å². The second kappa shape index (κ2) is 13.6. The molecule has 36 heavy (non-hydrogen) atoms. The number of hydrogen-bond donors (Lipinski definition) is 1. The third kappa shape index (κ3) is 8.06. The number of ether oxygens (including phenoxy) is 2. The third-order valence-corrected chi connectivity index (χ3v) is 6.05. The Hall–Kier alpha value is -3.44. The van der Waals surface area contributed by atoms with E-state index >= 15 is 0 Å².